The van der Waals surface area contributed by atoms with Gasteiger partial charge in [0.2, 0.25) is 0 Å². The Hall–Kier alpha value is -1.31. The molecule has 2 atom stereocenters. The Kier molecular flexibility index (Phi) is 2.76. The number of carboxylic acid groups (broad SMARTS) is 1. The lowest BCUT2D eigenvalue weighted by Gasteiger charge is -2.13. The maximum atomic E-state index is 11.2. The fourth-order valence-corrected chi connectivity index (χ4v) is 3.00. The fourth-order valence-electron chi connectivity index (χ4n) is 3.00. The predicted octanol–water partition coefficient (Wildman–Crippen LogP) is 3.63. The second-order valence-electron chi connectivity index (χ2n) is 5.90. The zero-order chi connectivity index (χ0) is 12.8. The summed E-state index contributed by atoms with van der Waals surface area (Å²) in [6.07, 6.45) is 0. The van der Waals surface area contributed by atoms with Crippen LogP contribution in [0.3, 0.4) is 0 Å². The molecule has 0 amide bonds. The average Bonchev–Trinajstić information content (AvgIpc) is 2.81. The third-order valence-electron chi connectivity index (χ3n) is 4.05. The van der Waals surface area contributed by atoms with Crippen LogP contribution in [0, 0.1) is 11.3 Å². The molecule has 2 heteroatoms. The molecule has 0 heterocycles. The third-order valence-corrected chi connectivity index (χ3v) is 4.05. The lowest BCUT2D eigenvalue weighted by molar-refractivity contribution is -0.139. The van der Waals surface area contributed by atoms with Crippen LogP contribution in [-0.2, 0) is 4.79 Å². The summed E-state index contributed by atoms with van der Waals surface area (Å²) in [4.78, 5) is 11.2. The molecule has 0 saturated heterocycles. The molecule has 0 radical (unpaired) electrons. The van der Waals surface area contributed by atoms with Crippen LogP contribution in [0.25, 0.3) is 0 Å². The number of aliphatic carboxylic acids is 1. The van der Waals surface area contributed by atoms with E-state index < -0.39 is 5.97 Å². The molecule has 0 aliphatic heterocycles. The van der Waals surface area contributed by atoms with Crippen molar-refractivity contribution in [2.75, 3.05) is 0 Å². The zero-order valence-corrected chi connectivity index (χ0v) is 10.9. The quantitative estimate of drug-likeness (QED) is 0.864. The molecule has 2 rings (SSSR count). The van der Waals surface area contributed by atoms with Gasteiger partial charge in [0.15, 0.2) is 0 Å². The predicted molar refractivity (Wildman–Crippen MR) is 68.2 cm³/mol. The molecule has 1 N–H and O–H groups in total. The van der Waals surface area contributed by atoms with Crippen LogP contribution < -0.4 is 0 Å². The van der Waals surface area contributed by atoms with Crippen LogP contribution >= 0.6 is 0 Å². The van der Waals surface area contributed by atoms with Crippen molar-refractivity contribution in [1.82, 2.24) is 0 Å². The van der Waals surface area contributed by atoms with E-state index in [-0.39, 0.29) is 17.3 Å². The third kappa shape index (κ3) is 1.86. The average molecular weight is 232 g/mol. The second kappa shape index (κ2) is 3.86. The zero-order valence-electron chi connectivity index (χ0n) is 10.9. The molecule has 92 valence electrons. The molecule has 1 aromatic rings. The van der Waals surface area contributed by atoms with Gasteiger partial charge in [0.25, 0.3) is 0 Å². The first-order chi connectivity index (χ1) is 7.87. The van der Waals surface area contributed by atoms with E-state index in [9.17, 15) is 9.90 Å². The molecular weight excluding hydrogens is 212 g/mol. The fraction of sp³-hybridized carbons (Fsp3) is 0.533. The van der Waals surface area contributed by atoms with Crippen molar-refractivity contribution in [3.8, 4) is 0 Å². The molecule has 1 saturated carbocycles. The minimum absolute atomic E-state index is 0.114. The summed E-state index contributed by atoms with van der Waals surface area (Å²) in [5, 5.41) is 9.25. The smallest absolute Gasteiger partial charge is 0.307 e. The highest BCUT2D eigenvalue weighted by Crippen LogP contribution is 2.65. The van der Waals surface area contributed by atoms with Gasteiger partial charge in [-0.25, -0.2) is 0 Å². The van der Waals surface area contributed by atoms with Gasteiger partial charge in [-0.1, -0.05) is 52.0 Å². The van der Waals surface area contributed by atoms with E-state index in [0.29, 0.717) is 5.92 Å². The number of benzene rings is 1. The summed E-state index contributed by atoms with van der Waals surface area (Å²) in [5.41, 5.74) is 2.39. The lowest BCUT2D eigenvalue weighted by Crippen LogP contribution is -2.03. The van der Waals surface area contributed by atoms with Gasteiger partial charge in [-0.05, 0) is 22.5 Å². The van der Waals surface area contributed by atoms with E-state index in [1.807, 2.05) is 26.0 Å². The summed E-state index contributed by atoms with van der Waals surface area (Å²) in [7, 11) is 0. The van der Waals surface area contributed by atoms with Gasteiger partial charge in [-0.3, -0.25) is 4.79 Å². The molecule has 2 unspecified atom stereocenters. The van der Waals surface area contributed by atoms with Crippen LogP contribution in [0.5, 0.6) is 0 Å². The Morgan fingerprint density at radius 3 is 2.35 bits per heavy atom. The van der Waals surface area contributed by atoms with Crippen LogP contribution in [0.15, 0.2) is 24.3 Å². The Bertz CT molecular complexity index is 446. The van der Waals surface area contributed by atoms with Gasteiger partial charge in [0, 0.05) is 5.92 Å². The Morgan fingerprint density at radius 1 is 1.29 bits per heavy atom. The first kappa shape index (κ1) is 12.2. The molecular formula is C15H20O2. The van der Waals surface area contributed by atoms with Crippen molar-refractivity contribution in [3.63, 3.8) is 0 Å². The van der Waals surface area contributed by atoms with Gasteiger partial charge in [-0.15, -0.1) is 0 Å². The second-order valence-corrected chi connectivity index (χ2v) is 5.90. The number of hydrogen-bond acceptors (Lipinski definition) is 1. The van der Waals surface area contributed by atoms with Gasteiger partial charge in [0.05, 0.1) is 5.92 Å². The van der Waals surface area contributed by atoms with Crippen molar-refractivity contribution in [1.29, 1.82) is 0 Å². The van der Waals surface area contributed by atoms with Gasteiger partial charge in [-0.2, -0.15) is 0 Å². The summed E-state index contributed by atoms with van der Waals surface area (Å²) < 4.78 is 0. The highest BCUT2D eigenvalue weighted by molar-refractivity contribution is 5.77. The van der Waals surface area contributed by atoms with Crippen LogP contribution in [-0.4, -0.2) is 11.1 Å². The molecule has 17 heavy (non-hydrogen) atoms. The maximum absolute atomic E-state index is 11.2. The minimum atomic E-state index is -0.668. The molecule has 1 aliphatic rings. The van der Waals surface area contributed by atoms with Crippen LogP contribution in [0.4, 0.5) is 0 Å². The molecule has 1 aromatic carbocycles. The minimum Gasteiger partial charge on any atom is -0.481 e. The monoisotopic (exact) mass is 232 g/mol. The number of rotatable bonds is 3. The van der Waals surface area contributed by atoms with Gasteiger partial charge < -0.3 is 5.11 Å². The van der Waals surface area contributed by atoms with Crippen molar-refractivity contribution >= 4 is 5.97 Å². The lowest BCUT2D eigenvalue weighted by atomic mass is 9.92. The number of carbonyl (C=O) groups is 1. The van der Waals surface area contributed by atoms with E-state index in [1.54, 1.807) is 0 Å². The van der Waals surface area contributed by atoms with Gasteiger partial charge in [0.1, 0.15) is 0 Å². The summed E-state index contributed by atoms with van der Waals surface area (Å²) in [6, 6.07) is 8.25. The van der Waals surface area contributed by atoms with Crippen LogP contribution in [0.2, 0.25) is 0 Å². The topological polar surface area (TPSA) is 37.3 Å². The standard InChI is InChI=1S/C15H20O2/c1-9(2)10-7-5-6-8-11(10)12-13(14(16)17)15(12,3)4/h5-9,12-13H,1-4H3,(H,16,17). The summed E-state index contributed by atoms with van der Waals surface area (Å²) in [6.45, 7) is 8.41. The summed E-state index contributed by atoms with van der Waals surface area (Å²) >= 11 is 0. The first-order valence-corrected chi connectivity index (χ1v) is 6.19. The van der Waals surface area contributed by atoms with Crippen LogP contribution in [0.1, 0.15) is 50.7 Å². The molecule has 1 aliphatic carbocycles. The van der Waals surface area contributed by atoms with Crippen molar-refractivity contribution in [2.45, 2.75) is 39.5 Å². The molecule has 2 nitrogen and oxygen atoms in total. The van der Waals surface area contributed by atoms with E-state index >= 15 is 0 Å². The number of carboxylic acids is 1. The highest BCUT2D eigenvalue weighted by Gasteiger charge is 2.63. The van der Waals surface area contributed by atoms with E-state index in [4.69, 9.17) is 0 Å². The first-order valence-electron chi connectivity index (χ1n) is 6.19. The molecule has 1 fully saturated rings. The molecule has 0 spiro atoms. The molecule has 0 bridgehead atoms. The van der Waals surface area contributed by atoms with Gasteiger partial charge >= 0.3 is 5.97 Å². The Labute approximate surface area is 103 Å². The normalized spacial score (nSPS) is 25.9. The van der Waals surface area contributed by atoms with Crippen molar-refractivity contribution < 1.29 is 9.90 Å². The largest absolute Gasteiger partial charge is 0.481 e. The number of hydrogen-bond donors (Lipinski definition) is 1. The Morgan fingerprint density at radius 2 is 1.88 bits per heavy atom. The Balaban J connectivity index is 2.40. The highest BCUT2D eigenvalue weighted by atomic mass is 16.4. The summed E-state index contributed by atoms with van der Waals surface area (Å²) in [5.74, 6) is -0.295. The maximum Gasteiger partial charge on any atom is 0.307 e. The van der Waals surface area contributed by atoms with E-state index in [1.165, 1.54) is 11.1 Å². The van der Waals surface area contributed by atoms with E-state index in [2.05, 4.69) is 26.0 Å². The van der Waals surface area contributed by atoms with Crippen molar-refractivity contribution in [2.24, 2.45) is 11.3 Å². The van der Waals surface area contributed by atoms with E-state index in [0.717, 1.165) is 0 Å². The van der Waals surface area contributed by atoms with Crippen molar-refractivity contribution in [3.05, 3.63) is 35.4 Å². The SMILES string of the molecule is CC(C)c1ccccc1C1C(C(=O)O)C1(C)C. The molecule has 0 aromatic heterocycles.